The lowest BCUT2D eigenvalue weighted by Gasteiger charge is -2.38. The molecular formula is C26H32ClN3O. The molecule has 31 heavy (non-hydrogen) atoms. The predicted octanol–water partition coefficient (Wildman–Crippen LogP) is 4.41. The van der Waals surface area contributed by atoms with Crippen molar-refractivity contribution in [3.63, 3.8) is 0 Å². The monoisotopic (exact) mass is 437 g/mol. The van der Waals surface area contributed by atoms with Gasteiger partial charge in [0.2, 0.25) is 5.91 Å². The van der Waals surface area contributed by atoms with E-state index in [2.05, 4.69) is 57.2 Å². The number of piperazine rings is 1. The van der Waals surface area contributed by atoms with E-state index in [1.807, 2.05) is 24.3 Å². The summed E-state index contributed by atoms with van der Waals surface area (Å²) in [4.78, 5) is 20.0. The summed E-state index contributed by atoms with van der Waals surface area (Å²) in [6.07, 6.45) is 6.32. The molecule has 5 heteroatoms. The predicted molar refractivity (Wildman–Crippen MR) is 128 cm³/mol. The second-order valence-corrected chi connectivity index (χ2v) is 9.06. The second kappa shape index (κ2) is 10.9. The van der Waals surface area contributed by atoms with Crippen LogP contribution >= 0.6 is 11.6 Å². The summed E-state index contributed by atoms with van der Waals surface area (Å²) in [5.41, 5.74) is 2.48. The molecule has 2 aliphatic rings. The van der Waals surface area contributed by atoms with Crippen molar-refractivity contribution in [2.24, 2.45) is 5.92 Å². The zero-order valence-corrected chi connectivity index (χ0v) is 18.9. The van der Waals surface area contributed by atoms with E-state index in [4.69, 9.17) is 11.6 Å². The zero-order chi connectivity index (χ0) is 21.5. The van der Waals surface area contributed by atoms with Crippen LogP contribution in [-0.2, 0) is 11.3 Å². The number of carbonyl (C=O) groups excluding carboxylic acids is 1. The van der Waals surface area contributed by atoms with Crippen molar-refractivity contribution in [3.8, 4) is 0 Å². The molecule has 0 saturated carbocycles. The van der Waals surface area contributed by atoms with E-state index < -0.39 is 0 Å². The Morgan fingerprint density at radius 1 is 0.903 bits per heavy atom. The van der Waals surface area contributed by atoms with Crippen molar-refractivity contribution in [3.05, 3.63) is 76.8 Å². The maximum Gasteiger partial charge on any atom is 0.225 e. The third kappa shape index (κ3) is 6.42. The molecule has 0 spiro atoms. The quantitative estimate of drug-likeness (QED) is 0.669. The van der Waals surface area contributed by atoms with Crippen molar-refractivity contribution in [2.75, 3.05) is 45.8 Å². The van der Waals surface area contributed by atoms with E-state index in [0.29, 0.717) is 5.91 Å². The van der Waals surface area contributed by atoms with Gasteiger partial charge in [0.05, 0.1) is 0 Å². The topological polar surface area (TPSA) is 26.8 Å². The molecule has 0 bridgehead atoms. The van der Waals surface area contributed by atoms with Crippen LogP contribution < -0.4 is 0 Å². The first-order valence-electron chi connectivity index (χ1n) is 11.4. The number of hydrogen-bond donors (Lipinski definition) is 0. The molecule has 164 valence electrons. The molecule has 2 heterocycles. The molecular weight excluding hydrogens is 406 g/mol. The van der Waals surface area contributed by atoms with Crippen LogP contribution in [0.5, 0.6) is 0 Å². The van der Waals surface area contributed by atoms with Crippen molar-refractivity contribution in [1.29, 1.82) is 0 Å². The summed E-state index contributed by atoms with van der Waals surface area (Å²) in [6, 6.07) is 18.5. The van der Waals surface area contributed by atoms with Crippen LogP contribution in [0, 0.1) is 5.92 Å². The number of carbonyl (C=O) groups is 1. The highest BCUT2D eigenvalue weighted by Gasteiger charge is 2.30. The third-order valence-electron chi connectivity index (χ3n) is 6.39. The number of amides is 1. The summed E-state index contributed by atoms with van der Waals surface area (Å²) >= 11 is 6.10. The molecule has 4 nitrogen and oxygen atoms in total. The van der Waals surface area contributed by atoms with Crippen LogP contribution in [0.25, 0.3) is 6.08 Å². The van der Waals surface area contributed by atoms with E-state index in [9.17, 15) is 4.79 Å². The summed E-state index contributed by atoms with van der Waals surface area (Å²) in [5, 5.41) is 0.789. The van der Waals surface area contributed by atoms with Gasteiger partial charge in [-0.25, -0.2) is 0 Å². The van der Waals surface area contributed by atoms with Crippen molar-refractivity contribution >= 4 is 23.6 Å². The number of benzene rings is 2. The number of hydrogen-bond acceptors (Lipinski definition) is 3. The van der Waals surface area contributed by atoms with Gasteiger partial charge in [0.1, 0.15) is 0 Å². The van der Waals surface area contributed by atoms with Gasteiger partial charge in [0.25, 0.3) is 0 Å². The SMILES string of the molecule is O=C(C1CCN(Cc2cccc(Cl)c2)CC1)N1CCN(CC=Cc2ccccc2)CC1. The van der Waals surface area contributed by atoms with E-state index in [1.54, 1.807) is 0 Å². The van der Waals surface area contributed by atoms with Crippen molar-refractivity contribution < 1.29 is 4.79 Å². The lowest BCUT2D eigenvalue weighted by molar-refractivity contribution is -0.138. The smallest absolute Gasteiger partial charge is 0.225 e. The first-order chi connectivity index (χ1) is 15.2. The minimum Gasteiger partial charge on any atom is -0.340 e. The van der Waals surface area contributed by atoms with Crippen LogP contribution in [0.15, 0.2) is 60.7 Å². The Bertz CT molecular complexity index is 869. The Morgan fingerprint density at radius 2 is 1.65 bits per heavy atom. The summed E-state index contributed by atoms with van der Waals surface area (Å²) < 4.78 is 0. The minimum absolute atomic E-state index is 0.181. The molecule has 0 N–H and O–H groups in total. The Morgan fingerprint density at radius 3 is 2.35 bits per heavy atom. The maximum atomic E-state index is 13.0. The van der Waals surface area contributed by atoms with Crippen molar-refractivity contribution in [2.45, 2.75) is 19.4 Å². The van der Waals surface area contributed by atoms with Gasteiger partial charge in [0, 0.05) is 50.2 Å². The molecule has 0 aliphatic carbocycles. The highest BCUT2D eigenvalue weighted by Crippen LogP contribution is 2.22. The summed E-state index contributed by atoms with van der Waals surface area (Å²) in [7, 11) is 0. The van der Waals surface area contributed by atoms with Gasteiger partial charge in [-0.3, -0.25) is 14.6 Å². The Kier molecular flexibility index (Phi) is 7.79. The fourth-order valence-corrected chi connectivity index (χ4v) is 4.76. The van der Waals surface area contributed by atoms with E-state index in [0.717, 1.165) is 70.2 Å². The largest absolute Gasteiger partial charge is 0.340 e. The molecule has 0 unspecified atom stereocenters. The van der Waals surface area contributed by atoms with E-state index in [-0.39, 0.29) is 5.92 Å². The molecule has 2 fully saturated rings. The highest BCUT2D eigenvalue weighted by atomic mass is 35.5. The molecule has 0 radical (unpaired) electrons. The molecule has 0 aromatic heterocycles. The summed E-state index contributed by atoms with van der Waals surface area (Å²) in [6.45, 7) is 7.42. The standard InChI is InChI=1S/C26H32ClN3O/c27-25-10-4-8-23(20-25)21-29-14-11-24(12-15-29)26(31)30-18-16-28(17-19-30)13-5-9-22-6-2-1-3-7-22/h1-10,20,24H,11-19,21H2. The molecule has 1 amide bonds. The fourth-order valence-electron chi connectivity index (χ4n) is 4.54. The third-order valence-corrected chi connectivity index (χ3v) is 6.62. The molecule has 2 aromatic carbocycles. The van der Waals surface area contributed by atoms with Crippen LogP contribution in [-0.4, -0.2) is 66.4 Å². The molecule has 2 aliphatic heterocycles. The van der Waals surface area contributed by atoms with Gasteiger partial charge < -0.3 is 4.90 Å². The lowest BCUT2D eigenvalue weighted by atomic mass is 9.94. The first kappa shape index (κ1) is 22.1. The van der Waals surface area contributed by atoms with E-state index >= 15 is 0 Å². The van der Waals surface area contributed by atoms with E-state index in [1.165, 1.54) is 11.1 Å². The first-order valence-corrected chi connectivity index (χ1v) is 11.7. The van der Waals surface area contributed by atoms with Crippen LogP contribution in [0.2, 0.25) is 5.02 Å². The Labute approximate surface area is 191 Å². The number of rotatable bonds is 6. The van der Waals surface area contributed by atoms with Gasteiger partial charge in [-0.15, -0.1) is 0 Å². The molecule has 4 rings (SSSR count). The second-order valence-electron chi connectivity index (χ2n) is 8.62. The van der Waals surface area contributed by atoms with Gasteiger partial charge in [0.15, 0.2) is 0 Å². The average molecular weight is 438 g/mol. The minimum atomic E-state index is 0.181. The van der Waals surface area contributed by atoms with Gasteiger partial charge >= 0.3 is 0 Å². The highest BCUT2D eigenvalue weighted by molar-refractivity contribution is 6.30. The van der Waals surface area contributed by atoms with Gasteiger partial charge in [-0.05, 0) is 49.2 Å². The maximum absolute atomic E-state index is 13.0. The molecule has 2 aromatic rings. The zero-order valence-electron chi connectivity index (χ0n) is 18.1. The normalized spacial score (nSPS) is 19.2. The fraction of sp³-hybridized carbons (Fsp3) is 0.423. The Hall–Kier alpha value is -2.14. The Balaban J connectivity index is 1.17. The van der Waals surface area contributed by atoms with Gasteiger partial charge in [-0.1, -0.05) is 66.2 Å². The summed E-state index contributed by atoms with van der Waals surface area (Å²) in [5.74, 6) is 0.544. The lowest BCUT2D eigenvalue weighted by Crippen LogP contribution is -2.51. The molecule has 0 atom stereocenters. The average Bonchev–Trinajstić information content (AvgIpc) is 2.80. The molecule has 2 saturated heterocycles. The number of likely N-dealkylation sites (tertiary alicyclic amines) is 1. The van der Waals surface area contributed by atoms with Crippen LogP contribution in [0.4, 0.5) is 0 Å². The van der Waals surface area contributed by atoms with Gasteiger partial charge in [-0.2, -0.15) is 0 Å². The van der Waals surface area contributed by atoms with Crippen LogP contribution in [0.3, 0.4) is 0 Å². The number of nitrogens with zero attached hydrogens (tertiary/aromatic N) is 3. The number of piperidine rings is 1. The van der Waals surface area contributed by atoms with Crippen LogP contribution in [0.1, 0.15) is 24.0 Å². The van der Waals surface area contributed by atoms with Crippen molar-refractivity contribution in [1.82, 2.24) is 14.7 Å². The number of halogens is 1.